The highest BCUT2D eigenvalue weighted by Crippen LogP contribution is 2.32. The maximum atomic E-state index is 14.3. The summed E-state index contributed by atoms with van der Waals surface area (Å²) < 4.78 is 44.7. The Kier molecular flexibility index (Phi) is 13.9. The van der Waals surface area contributed by atoms with E-state index in [1.165, 1.54) is 44.4 Å². The number of rotatable bonds is 11. The number of allylic oxidation sites excluding steroid dienone is 4. The highest BCUT2D eigenvalue weighted by molar-refractivity contribution is 5.25. The number of unbranched alkanes of at least 4 members (excludes halogenated alkanes) is 2. The van der Waals surface area contributed by atoms with Crippen molar-refractivity contribution in [3.8, 4) is 0 Å². The van der Waals surface area contributed by atoms with Crippen molar-refractivity contribution in [2.75, 3.05) is 20.3 Å². The average molecular weight is 453 g/mol. The van der Waals surface area contributed by atoms with Gasteiger partial charge >= 0.3 is 0 Å². The molecule has 1 heterocycles. The fraction of sp³-hybridized carbons (Fsp3) is 0.630. The number of aryl methyl sites for hydroxylation is 1. The lowest BCUT2D eigenvalue weighted by Crippen LogP contribution is -2.24. The van der Waals surface area contributed by atoms with Crippen LogP contribution in [0.25, 0.3) is 0 Å². The summed E-state index contributed by atoms with van der Waals surface area (Å²) in [6, 6.07) is 8.75. The Hall–Kier alpha value is -1.88. The van der Waals surface area contributed by atoms with Gasteiger partial charge < -0.3 is 14.2 Å². The number of methoxy groups -OCH3 is 1. The minimum Gasteiger partial charge on any atom is -0.498 e. The predicted molar refractivity (Wildman–Crippen MR) is 128 cm³/mol. The molecule has 0 aliphatic carbocycles. The standard InChI is InChI=1S/C25H36F2O3.C2H6/c1-5-7-8-9-19-10-13-21(14-11-19)23-15-12-20(17-30-23)16-29-22(6-2)25(27)24(26)18(3)28-4;1-2/h10-11,13-14,20,23H,5-9,12,15-17H2,1-4H3;1-2H3/b24-18-,25-22-;. The number of halogens is 2. The number of hydrogen-bond acceptors (Lipinski definition) is 3. The molecule has 1 aliphatic rings. The zero-order valence-electron chi connectivity index (χ0n) is 20.8. The van der Waals surface area contributed by atoms with Gasteiger partial charge in [-0.05, 0) is 43.7 Å². The van der Waals surface area contributed by atoms with Crippen LogP contribution in [0.1, 0.15) is 90.4 Å². The number of benzene rings is 1. The Morgan fingerprint density at radius 3 is 2.25 bits per heavy atom. The summed E-state index contributed by atoms with van der Waals surface area (Å²) in [6.07, 6.45) is 7.06. The molecule has 0 spiro atoms. The summed E-state index contributed by atoms with van der Waals surface area (Å²) in [4.78, 5) is 0. The Morgan fingerprint density at radius 1 is 1.03 bits per heavy atom. The van der Waals surface area contributed by atoms with Gasteiger partial charge in [0.1, 0.15) is 11.5 Å². The van der Waals surface area contributed by atoms with E-state index in [9.17, 15) is 8.78 Å². The molecule has 0 N–H and O–H groups in total. The summed E-state index contributed by atoms with van der Waals surface area (Å²) in [5.41, 5.74) is 2.58. The van der Waals surface area contributed by atoms with Gasteiger partial charge in [0.25, 0.3) is 0 Å². The minimum absolute atomic E-state index is 0.0182. The van der Waals surface area contributed by atoms with E-state index in [1.54, 1.807) is 6.92 Å². The molecule has 1 aromatic rings. The molecular formula is C27H42F2O3. The topological polar surface area (TPSA) is 27.7 Å². The van der Waals surface area contributed by atoms with Crippen LogP contribution in [-0.2, 0) is 20.6 Å². The highest BCUT2D eigenvalue weighted by atomic mass is 19.2. The fourth-order valence-electron chi connectivity index (χ4n) is 3.58. The zero-order chi connectivity index (χ0) is 23.9. The molecule has 1 saturated heterocycles. The van der Waals surface area contributed by atoms with Gasteiger partial charge in [0, 0.05) is 12.3 Å². The van der Waals surface area contributed by atoms with Crippen LogP contribution in [0.4, 0.5) is 8.78 Å². The molecule has 0 radical (unpaired) electrons. The summed E-state index contributed by atoms with van der Waals surface area (Å²) in [7, 11) is 1.31. The monoisotopic (exact) mass is 452 g/mol. The maximum absolute atomic E-state index is 14.3. The molecule has 5 heteroatoms. The van der Waals surface area contributed by atoms with Crippen LogP contribution in [0.15, 0.2) is 47.4 Å². The van der Waals surface area contributed by atoms with Gasteiger partial charge in [0.2, 0.25) is 0 Å². The molecule has 3 nitrogen and oxygen atoms in total. The van der Waals surface area contributed by atoms with Crippen molar-refractivity contribution in [1.29, 1.82) is 0 Å². The minimum atomic E-state index is -1.01. The van der Waals surface area contributed by atoms with Crippen LogP contribution in [0.5, 0.6) is 0 Å². The Labute approximate surface area is 193 Å². The van der Waals surface area contributed by atoms with Gasteiger partial charge in [-0.1, -0.05) is 64.8 Å². The normalized spacial score (nSPS) is 19.9. The second-order valence-electron chi connectivity index (χ2n) is 7.94. The molecule has 1 aliphatic heterocycles. The van der Waals surface area contributed by atoms with E-state index in [0.29, 0.717) is 13.2 Å². The maximum Gasteiger partial charge on any atom is 0.199 e. The van der Waals surface area contributed by atoms with E-state index < -0.39 is 11.7 Å². The van der Waals surface area contributed by atoms with E-state index in [1.807, 2.05) is 13.8 Å². The lowest BCUT2D eigenvalue weighted by molar-refractivity contribution is -0.0365. The third-order valence-corrected chi connectivity index (χ3v) is 5.66. The molecule has 2 atom stereocenters. The van der Waals surface area contributed by atoms with Crippen molar-refractivity contribution in [2.45, 2.75) is 85.7 Å². The van der Waals surface area contributed by atoms with Gasteiger partial charge in [-0.3, -0.25) is 0 Å². The van der Waals surface area contributed by atoms with Crippen molar-refractivity contribution in [2.24, 2.45) is 5.92 Å². The molecule has 2 unspecified atom stereocenters. The van der Waals surface area contributed by atoms with Gasteiger partial charge in [0.15, 0.2) is 11.7 Å². The zero-order valence-corrected chi connectivity index (χ0v) is 20.8. The third-order valence-electron chi connectivity index (χ3n) is 5.66. The lowest BCUT2D eigenvalue weighted by Gasteiger charge is -2.29. The summed E-state index contributed by atoms with van der Waals surface area (Å²) in [6.45, 7) is 10.2. The van der Waals surface area contributed by atoms with Gasteiger partial charge in [-0.2, -0.15) is 8.78 Å². The number of ether oxygens (including phenoxy) is 3. The number of hydrogen-bond donors (Lipinski definition) is 0. The highest BCUT2D eigenvalue weighted by Gasteiger charge is 2.24. The molecule has 1 aromatic carbocycles. The first-order valence-electron chi connectivity index (χ1n) is 12.1. The van der Waals surface area contributed by atoms with E-state index in [-0.39, 0.29) is 30.0 Å². The van der Waals surface area contributed by atoms with Crippen LogP contribution in [0.3, 0.4) is 0 Å². The quantitative estimate of drug-likeness (QED) is 0.192. The van der Waals surface area contributed by atoms with Crippen LogP contribution < -0.4 is 0 Å². The third kappa shape index (κ3) is 8.93. The average Bonchev–Trinajstić information content (AvgIpc) is 2.85. The molecule has 2 rings (SSSR count). The second kappa shape index (κ2) is 15.8. The summed E-state index contributed by atoms with van der Waals surface area (Å²) in [5, 5.41) is 0. The smallest absolute Gasteiger partial charge is 0.199 e. The van der Waals surface area contributed by atoms with Crippen LogP contribution >= 0.6 is 0 Å². The SMILES string of the molecule is CC.CCCCCc1ccc(C2CCC(CO/C(CC)=C(F)/C(F)=C(\C)OC)CO2)cc1. The van der Waals surface area contributed by atoms with Crippen LogP contribution in [0, 0.1) is 5.92 Å². The van der Waals surface area contributed by atoms with Crippen molar-refractivity contribution in [3.05, 3.63) is 58.6 Å². The van der Waals surface area contributed by atoms with Crippen LogP contribution in [0.2, 0.25) is 0 Å². The lowest BCUT2D eigenvalue weighted by atomic mass is 9.94. The second-order valence-corrected chi connectivity index (χ2v) is 7.94. The molecular weight excluding hydrogens is 410 g/mol. The van der Waals surface area contributed by atoms with Crippen molar-refractivity contribution in [3.63, 3.8) is 0 Å². The van der Waals surface area contributed by atoms with E-state index >= 15 is 0 Å². The molecule has 1 fully saturated rings. The first-order valence-corrected chi connectivity index (χ1v) is 12.1. The Bertz CT molecular complexity index is 702. The fourth-order valence-corrected chi connectivity index (χ4v) is 3.58. The first kappa shape index (κ1) is 28.2. The molecule has 0 bridgehead atoms. The summed E-state index contributed by atoms with van der Waals surface area (Å²) in [5.74, 6) is -1.90. The van der Waals surface area contributed by atoms with Crippen molar-refractivity contribution in [1.82, 2.24) is 0 Å². The molecule has 0 aromatic heterocycles. The summed E-state index contributed by atoms with van der Waals surface area (Å²) >= 11 is 0. The molecule has 0 amide bonds. The molecule has 0 saturated carbocycles. The van der Waals surface area contributed by atoms with Gasteiger partial charge in [-0.25, -0.2) is 0 Å². The van der Waals surface area contributed by atoms with E-state index in [4.69, 9.17) is 14.2 Å². The van der Waals surface area contributed by atoms with Crippen molar-refractivity contribution < 1.29 is 23.0 Å². The molecule has 182 valence electrons. The van der Waals surface area contributed by atoms with E-state index in [2.05, 4.69) is 31.2 Å². The Balaban J connectivity index is 0.00000249. The van der Waals surface area contributed by atoms with E-state index in [0.717, 1.165) is 19.3 Å². The largest absolute Gasteiger partial charge is 0.498 e. The predicted octanol–water partition coefficient (Wildman–Crippen LogP) is 8.37. The van der Waals surface area contributed by atoms with Gasteiger partial charge in [-0.15, -0.1) is 0 Å². The Morgan fingerprint density at radius 2 is 1.72 bits per heavy atom. The van der Waals surface area contributed by atoms with Crippen LogP contribution in [-0.4, -0.2) is 20.3 Å². The molecule has 32 heavy (non-hydrogen) atoms. The first-order chi connectivity index (χ1) is 15.5. The van der Waals surface area contributed by atoms with Gasteiger partial charge in [0.05, 0.1) is 26.4 Å². The van der Waals surface area contributed by atoms with Crippen molar-refractivity contribution >= 4 is 0 Å².